The van der Waals surface area contributed by atoms with Crippen LogP contribution in [0.2, 0.25) is 5.02 Å². The molecule has 0 spiro atoms. The molecule has 0 bridgehead atoms. The fraction of sp³-hybridized carbons (Fsp3) is 0.333. The Labute approximate surface area is 181 Å². The summed E-state index contributed by atoms with van der Waals surface area (Å²) in [5.74, 6) is 2.12. The van der Waals surface area contributed by atoms with Crippen molar-refractivity contribution in [2.75, 3.05) is 33.3 Å². The molecule has 0 aliphatic carbocycles. The summed E-state index contributed by atoms with van der Waals surface area (Å²) >= 11 is 6.05. The van der Waals surface area contributed by atoms with Crippen LogP contribution in [0.3, 0.4) is 0 Å². The summed E-state index contributed by atoms with van der Waals surface area (Å²) in [7, 11) is 1.72. The fourth-order valence-corrected chi connectivity index (χ4v) is 3.79. The Bertz CT molecular complexity index is 934. The van der Waals surface area contributed by atoms with Crippen molar-refractivity contribution >= 4 is 24.0 Å². The van der Waals surface area contributed by atoms with E-state index in [2.05, 4.69) is 32.5 Å². The highest BCUT2D eigenvalue weighted by Crippen LogP contribution is 2.30. The second-order valence-electron chi connectivity index (χ2n) is 6.77. The molecule has 1 aliphatic rings. The van der Waals surface area contributed by atoms with Crippen molar-refractivity contribution < 1.29 is 9.26 Å². The first-order valence-electron chi connectivity index (χ1n) is 9.41. The van der Waals surface area contributed by atoms with E-state index in [-0.39, 0.29) is 18.4 Å². The summed E-state index contributed by atoms with van der Waals surface area (Å²) in [6.45, 7) is 3.64. The van der Waals surface area contributed by atoms with E-state index in [1.165, 1.54) is 5.56 Å². The predicted octanol–water partition coefficient (Wildman–Crippen LogP) is 4.01. The molecule has 1 aliphatic heterocycles. The first kappa shape index (κ1) is 21.6. The molecular formula is C21H24Cl2N4O2. The first-order chi connectivity index (χ1) is 13.7. The largest absolute Gasteiger partial charge is 0.496 e. The molecule has 3 aromatic rings. The molecule has 0 saturated carbocycles. The first-order valence-corrected chi connectivity index (χ1v) is 9.78. The lowest BCUT2D eigenvalue weighted by molar-refractivity contribution is 0.156. The van der Waals surface area contributed by atoms with E-state index in [0.717, 1.165) is 37.5 Å². The maximum Gasteiger partial charge on any atom is 0.228 e. The van der Waals surface area contributed by atoms with Gasteiger partial charge in [-0.1, -0.05) is 47.1 Å². The summed E-state index contributed by atoms with van der Waals surface area (Å²) in [5.41, 5.74) is 2.05. The van der Waals surface area contributed by atoms with Crippen molar-refractivity contribution in [3.05, 3.63) is 65.0 Å². The third-order valence-corrected chi connectivity index (χ3v) is 5.25. The van der Waals surface area contributed by atoms with Crippen LogP contribution in [-0.2, 0) is 6.42 Å². The summed E-state index contributed by atoms with van der Waals surface area (Å²) in [6, 6.07) is 15.9. The Morgan fingerprint density at radius 3 is 2.93 bits per heavy atom. The molecule has 2 heterocycles. The van der Waals surface area contributed by atoms with E-state index in [1.807, 2.05) is 36.4 Å². The summed E-state index contributed by atoms with van der Waals surface area (Å²) < 4.78 is 11.0. The van der Waals surface area contributed by atoms with Crippen LogP contribution in [0.15, 0.2) is 53.1 Å². The van der Waals surface area contributed by atoms with Crippen LogP contribution >= 0.6 is 24.0 Å². The molecule has 1 saturated heterocycles. The molecule has 1 atom stereocenters. The summed E-state index contributed by atoms with van der Waals surface area (Å²) in [5, 5.41) is 8.24. The Balaban J connectivity index is 0.00000240. The van der Waals surface area contributed by atoms with Gasteiger partial charge in [-0.15, -0.1) is 12.4 Å². The standard InChI is InChI=1S/C21H23ClN4O2.ClH/c1-27-19-8-3-2-7-17(19)18-14-23-10-12-26(18)11-9-20-24-21(25-28-20)15-5-4-6-16(22)13-15;/h2-8,13,18,23H,9-12,14H2,1H3;1H. The van der Waals surface area contributed by atoms with Gasteiger partial charge in [0.05, 0.1) is 13.2 Å². The quantitative estimate of drug-likeness (QED) is 0.632. The number of aromatic nitrogens is 2. The smallest absolute Gasteiger partial charge is 0.228 e. The minimum Gasteiger partial charge on any atom is -0.496 e. The van der Waals surface area contributed by atoms with E-state index < -0.39 is 0 Å². The van der Waals surface area contributed by atoms with Gasteiger partial charge >= 0.3 is 0 Å². The van der Waals surface area contributed by atoms with Gasteiger partial charge in [-0.2, -0.15) is 4.98 Å². The normalized spacial score (nSPS) is 17.0. The van der Waals surface area contributed by atoms with Crippen molar-refractivity contribution in [2.45, 2.75) is 12.5 Å². The Hall–Kier alpha value is -2.12. The highest BCUT2D eigenvalue weighted by Gasteiger charge is 2.26. The topological polar surface area (TPSA) is 63.4 Å². The number of nitrogens with one attached hydrogen (secondary N) is 1. The predicted molar refractivity (Wildman–Crippen MR) is 116 cm³/mol. The van der Waals surface area contributed by atoms with E-state index in [4.69, 9.17) is 20.9 Å². The van der Waals surface area contributed by atoms with Gasteiger partial charge in [-0.05, 0) is 18.2 Å². The van der Waals surface area contributed by atoms with E-state index >= 15 is 0 Å². The van der Waals surface area contributed by atoms with Crippen LogP contribution in [0, 0.1) is 0 Å². The van der Waals surface area contributed by atoms with Crippen LogP contribution in [0.25, 0.3) is 11.4 Å². The number of para-hydroxylation sites is 1. The lowest BCUT2D eigenvalue weighted by Crippen LogP contribution is -2.46. The van der Waals surface area contributed by atoms with Gasteiger partial charge in [-0.3, -0.25) is 4.90 Å². The number of ether oxygens (including phenoxy) is 1. The van der Waals surface area contributed by atoms with Gasteiger partial charge in [0.1, 0.15) is 5.75 Å². The Kier molecular flexibility index (Phi) is 7.50. The molecule has 1 aromatic heterocycles. The Morgan fingerprint density at radius 2 is 2.10 bits per heavy atom. The summed E-state index contributed by atoms with van der Waals surface area (Å²) in [6.07, 6.45) is 0.694. The van der Waals surface area contributed by atoms with Gasteiger partial charge in [0, 0.05) is 48.7 Å². The molecule has 1 unspecified atom stereocenters. The number of nitrogens with zero attached hydrogens (tertiary/aromatic N) is 3. The molecule has 8 heteroatoms. The highest BCUT2D eigenvalue weighted by molar-refractivity contribution is 6.30. The van der Waals surface area contributed by atoms with Crippen LogP contribution in [-0.4, -0.2) is 48.3 Å². The number of halogens is 2. The zero-order chi connectivity index (χ0) is 19.3. The second-order valence-corrected chi connectivity index (χ2v) is 7.21. The maximum atomic E-state index is 6.05. The monoisotopic (exact) mass is 434 g/mol. The van der Waals surface area contributed by atoms with Crippen LogP contribution < -0.4 is 10.1 Å². The number of hydrogen-bond donors (Lipinski definition) is 1. The molecule has 2 aromatic carbocycles. The molecule has 6 nitrogen and oxygen atoms in total. The number of rotatable bonds is 6. The van der Waals surface area contributed by atoms with Crippen molar-refractivity contribution in [1.29, 1.82) is 0 Å². The van der Waals surface area contributed by atoms with E-state index in [1.54, 1.807) is 7.11 Å². The van der Waals surface area contributed by atoms with Crippen molar-refractivity contribution in [1.82, 2.24) is 20.4 Å². The summed E-state index contributed by atoms with van der Waals surface area (Å²) in [4.78, 5) is 6.98. The van der Waals surface area contributed by atoms with E-state index in [0.29, 0.717) is 23.2 Å². The minimum absolute atomic E-state index is 0. The third-order valence-electron chi connectivity index (χ3n) is 5.02. The average Bonchev–Trinajstić information content (AvgIpc) is 3.21. The Morgan fingerprint density at radius 1 is 1.24 bits per heavy atom. The number of piperazine rings is 1. The average molecular weight is 435 g/mol. The van der Waals surface area contributed by atoms with Crippen molar-refractivity contribution in [3.8, 4) is 17.1 Å². The molecule has 0 radical (unpaired) electrons. The fourth-order valence-electron chi connectivity index (χ4n) is 3.60. The maximum absolute atomic E-state index is 6.05. The third kappa shape index (κ3) is 5.08. The lowest BCUT2D eigenvalue weighted by atomic mass is 10.0. The van der Waals surface area contributed by atoms with Gasteiger partial charge in [-0.25, -0.2) is 0 Å². The molecule has 29 heavy (non-hydrogen) atoms. The molecule has 1 N–H and O–H groups in total. The van der Waals surface area contributed by atoms with Gasteiger partial charge in [0.2, 0.25) is 11.7 Å². The molecule has 154 valence electrons. The zero-order valence-corrected chi connectivity index (χ0v) is 17.7. The number of hydrogen-bond acceptors (Lipinski definition) is 6. The lowest BCUT2D eigenvalue weighted by Gasteiger charge is -2.36. The van der Waals surface area contributed by atoms with Gasteiger partial charge < -0.3 is 14.6 Å². The van der Waals surface area contributed by atoms with Crippen LogP contribution in [0.1, 0.15) is 17.5 Å². The second kappa shape index (κ2) is 10.1. The van der Waals surface area contributed by atoms with Crippen LogP contribution in [0.5, 0.6) is 5.75 Å². The highest BCUT2D eigenvalue weighted by atomic mass is 35.5. The van der Waals surface area contributed by atoms with Crippen molar-refractivity contribution in [3.63, 3.8) is 0 Å². The SMILES string of the molecule is COc1ccccc1C1CNCCN1CCc1nc(-c2cccc(Cl)c2)no1.Cl. The number of benzene rings is 2. The molecular weight excluding hydrogens is 411 g/mol. The van der Waals surface area contributed by atoms with Crippen LogP contribution in [0.4, 0.5) is 0 Å². The minimum atomic E-state index is 0. The molecule has 0 amide bonds. The molecule has 1 fully saturated rings. The van der Waals surface area contributed by atoms with Crippen molar-refractivity contribution in [2.24, 2.45) is 0 Å². The number of methoxy groups -OCH3 is 1. The van der Waals surface area contributed by atoms with Gasteiger partial charge in [0.25, 0.3) is 0 Å². The zero-order valence-electron chi connectivity index (χ0n) is 16.2. The van der Waals surface area contributed by atoms with E-state index in [9.17, 15) is 0 Å². The molecule has 4 rings (SSSR count). The van der Waals surface area contributed by atoms with Gasteiger partial charge in [0.15, 0.2) is 0 Å².